The van der Waals surface area contributed by atoms with Crippen LogP contribution in [0.2, 0.25) is 0 Å². The average molecular weight is 386 g/mol. The van der Waals surface area contributed by atoms with Crippen molar-refractivity contribution in [2.45, 2.75) is 46.1 Å². The molecule has 1 aliphatic carbocycles. The number of hydrogen-bond donors (Lipinski definition) is 0. The molecule has 0 aliphatic heterocycles. The zero-order valence-corrected chi connectivity index (χ0v) is 16.5. The highest BCUT2D eigenvalue weighted by molar-refractivity contribution is 5.90. The second-order valence-electron chi connectivity index (χ2n) is 7.90. The number of hydrogen-bond acceptors (Lipinski definition) is 6. The van der Waals surface area contributed by atoms with E-state index in [9.17, 15) is 14.4 Å². The van der Waals surface area contributed by atoms with Gasteiger partial charge in [0.05, 0.1) is 5.39 Å². The minimum absolute atomic E-state index is 0.159. The molecular weight excluding hydrogens is 360 g/mol. The molecule has 6 nitrogen and oxygen atoms in total. The predicted octanol–water partition coefficient (Wildman–Crippen LogP) is 3.95. The average Bonchev–Trinajstić information content (AvgIpc) is 2.66. The fourth-order valence-corrected chi connectivity index (χ4v) is 3.85. The first-order valence-electron chi connectivity index (χ1n) is 9.74. The molecule has 1 aliphatic rings. The van der Waals surface area contributed by atoms with Crippen LogP contribution in [0.3, 0.4) is 0 Å². The van der Waals surface area contributed by atoms with Gasteiger partial charge in [-0.25, -0.2) is 9.59 Å². The van der Waals surface area contributed by atoms with Crippen molar-refractivity contribution in [3.63, 3.8) is 0 Å². The Morgan fingerprint density at radius 2 is 1.96 bits per heavy atom. The lowest BCUT2D eigenvalue weighted by Crippen LogP contribution is -2.36. The maximum Gasteiger partial charge on any atom is 0.374 e. The van der Waals surface area contributed by atoms with Gasteiger partial charge in [-0.1, -0.05) is 39.3 Å². The third-order valence-electron chi connectivity index (χ3n) is 5.40. The van der Waals surface area contributed by atoms with Crippen LogP contribution in [-0.2, 0) is 14.3 Å². The van der Waals surface area contributed by atoms with Gasteiger partial charge in [-0.05, 0) is 42.7 Å². The van der Waals surface area contributed by atoms with Crippen LogP contribution in [-0.4, -0.2) is 24.6 Å². The molecule has 1 fully saturated rings. The van der Waals surface area contributed by atoms with Gasteiger partial charge in [-0.15, -0.1) is 0 Å². The Morgan fingerprint density at radius 3 is 2.71 bits per heavy atom. The third-order valence-corrected chi connectivity index (χ3v) is 5.40. The summed E-state index contributed by atoms with van der Waals surface area (Å²) < 4.78 is 16.0. The number of carbonyl (C=O) groups is 2. The Morgan fingerprint density at radius 1 is 1.21 bits per heavy atom. The Bertz CT molecular complexity index is 913. The van der Waals surface area contributed by atoms with Gasteiger partial charge in [0, 0.05) is 6.07 Å². The van der Waals surface area contributed by atoms with E-state index in [0.29, 0.717) is 28.7 Å². The summed E-state index contributed by atoms with van der Waals surface area (Å²) in [7, 11) is 0. The molecule has 0 N–H and O–H groups in total. The molecule has 0 bridgehead atoms. The molecule has 0 amide bonds. The molecule has 0 saturated heterocycles. The van der Waals surface area contributed by atoms with E-state index in [2.05, 4.69) is 20.8 Å². The van der Waals surface area contributed by atoms with Crippen molar-refractivity contribution in [3.8, 4) is 0 Å². The van der Waals surface area contributed by atoms with Crippen LogP contribution in [0.25, 0.3) is 11.0 Å². The SMILES string of the molecule is CC(C)[C@H]1CC[C@@H](C)C[C@@H]1OC(=O)COC(=O)c1cc(=O)c2ccccc2o1. The van der Waals surface area contributed by atoms with Gasteiger partial charge < -0.3 is 13.9 Å². The van der Waals surface area contributed by atoms with Gasteiger partial charge in [0.25, 0.3) is 0 Å². The molecular formula is C22H26O6. The molecule has 1 aromatic carbocycles. The van der Waals surface area contributed by atoms with Crippen LogP contribution < -0.4 is 5.43 Å². The largest absolute Gasteiger partial charge is 0.460 e. The lowest BCUT2D eigenvalue weighted by Gasteiger charge is -2.36. The van der Waals surface area contributed by atoms with Gasteiger partial charge in [-0.3, -0.25) is 4.79 Å². The van der Waals surface area contributed by atoms with Crippen LogP contribution in [0.1, 0.15) is 50.6 Å². The van der Waals surface area contributed by atoms with E-state index < -0.39 is 18.5 Å². The highest BCUT2D eigenvalue weighted by Gasteiger charge is 2.33. The molecule has 1 heterocycles. The Balaban J connectivity index is 1.61. The van der Waals surface area contributed by atoms with E-state index in [0.717, 1.165) is 25.3 Å². The molecule has 1 saturated carbocycles. The van der Waals surface area contributed by atoms with Gasteiger partial charge in [0.2, 0.25) is 5.76 Å². The summed E-state index contributed by atoms with van der Waals surface area (Å²) in [5, 5.41) is 0.379. The lowest BCUT2D eigenvalue weighted by molar-refractivity contribution is -0.159. The highest BCUT2D eigenvalue weighted by Crippen LogP contribution is 2.35. The molecule has 150 valence electrons. The Labute approximate surface area is 163 Å². The number of esters is 2. The first-order chi connectivity index (χ1) is 13.3. The van der Waals surface area contributed by atoms with Gasteiger partial charge in [-0.2, -0.15) is 0 Å². The zero-order valence-electron chi connectivity index (χ0n) is 16.5. The van der Waals surface area contributed by atoms with E-state index in [1.54, 1.807) is 24.3 Å². The number of fused-ring (bicyclic) bond motifs is 1. The second-order valence-corrected chi connectivity index (χ2v) is 7.90. The fraction of sp³-hybridized carbons (Fsp3) is 0.500. The van der Waals surface area contributed by atoms with E-state index in [-0.39, 0.29) is 17.3 Å². The Hall–Kier alpha value is -2.63. The quantitative estimate of drug-likeness (QED) is 0.724. The normalized spacial score (nSPS) is 22.2. The summed E-state index contributed by atoms with van der Waals surface area (Å²) in [5.41, 5.74) is -0.0483. The molecule has 0 spiro atoms. The molecule has 6 heteroatoms. The lowest BCUT2D eigenvalue weighted by atomic mass is 9.75. The highest BCUT2D eigenvalue weighted by atomic mass is 16.6. The van der Waals surface area contributed by atoms with Crippen molar-refractivity contribution in [1.82, 2.24) is 0 Å². The van der Waals surface area contributed by atoms with Crippen LogP contribution in [0.15, 0.2) is 39.5 Å². The van der Waals surface area contributed by atoms with Crippen molar-refractivity contribution in [2.75, 3.05) is 6.61 Å². The third kappa shape index (κ3) is 4.61. The predicted molar refractivity (Wildman–Crippen MR) is 104 cm³/mol. The van der Waals surface area contributed by atoms with Gasteiger partial charge >= 0.3 is 11.9 Å². The molecule has 3 atom stereocenters. The standard InChI is InChI=1S/C22H26O6/c1-13(2)15-9-8-14(3)10-19(15)28-21(24)12-26-22(25)20-11-17(23)16-6-4-5-7-18(16)27-20/h4-7,11,13-15,19H,8-10,12H2,1-3H3/t14-,15-,19+/m1/s1. The number of rotatable bonds is 5. The van der Waals surface area contributed by atoms with Crippen molar-refractivity contribution in [2.24, 2.45) is 17.8 Å². The number of ether oxygens (including phenoxy) is 2. The smallest absolute Gasteiger partial charge is 0.374 e. The van der Waals surface area contributed by atoms with Gasteiger partial charge in [0.1, 0.15) is 11.7 Å². The number of carbonyl (C=O) groups excluding carboxylic acids is 2. The second kappa shape index (κ2) is 8.59. The Kier molecular flexibility index (Phi) is 6.17. The number of benzene rings is 1. The maximum absolute atomic E-state index is 12.2. The molecule has 3 rings (SSSR count). The van der Waals surface area contributed by atoms with Crippen molar-refractivity contribution >= 4 is 22.9 Å². The van der Waals surface area contributed by atoms with Crippen molar-refractivity contribution in [1.29, 1.82) is 0 Å². The summed E-state index contributed by atoms with van der Waals surface area (Å²) in [5.74, 6) is -0.447. The van der Waals surface area contributed by atoms with Gasteiger partial charge in [0.15, 0.2) is 12.0 Å². The minimum atomic E-state index is -0.864. The topological polar surface area (TPSA) is 82.8 Å². The molecule has 1 aromatic heterocycles. The van der Waals surface area contributed by atoms with Crippen molar-refractivity contribution < 1.29 is 23.5 Å². The minimum Gasteiger partial charge on any atom is -0.460 e. The van der Waals surface area contributed by atoms with Crippen LogP contribution >= 0.6 is 0 Å². The summed E-state index contributed by atoms with van der Waals surface area (Å²) in [4.78, 5) is 36.5. The van der Waals surface area contributed by atoms with E-state index in [1.807, 2.05) is 0 Å². The number of para-hydroxylation sites is 1. The zero-order chi connectivity index (χ0) is 20.3. The monoisotopic (exact) mass is 386 g/mol. The molecule has 28 heavy (non-hydrogen) atoms. The molecule has 2 aromatic rings. The van der Waals surface area contributed by atoms with Crippen LogP contribution in [0.4, 0.5) is 0 Å². The molecule has 0 radical (unpaired) electrons. The summed E-state index contributed by atoms with van der Waals surface area (Å²) >= 11 is 0. The first-order valence-corrected chi connectivity index (χ1v) is 9.74. The summed E-state index contributed by atoms with van der Waals surface area (Å²) in [6.07, 6.45) is 2.82. The molecule has 0 unspecified atom stereocenters. The van der Waals surface area contributed by atoms with E-state index in [1.165, 1.54) is 0 Å². The first kappa shape index (κ1) is 20.1. The van der Waals surface area contributed by atoms with E-state index >= 15 is 0 Å². The van der Waals surface area contributed by atoms with Crippen molar-refractivity contribution in [3.05, 3.63) is 46.3 Å². The maximum atomic E-state index is 12.2. The summed E-state index contributed by atoms with van der Waals surface area (Å²) in [6, 6.07) is 7.70. The van der Waals surface area contributed by atoms with Crippen LogP contribution in [0.5, 0.6) is 0 Å². The van der Waals surface area contributed by atoms with Crippen LogP contribution in [0, 0.1) is 17.8 Å². The van der Waals surface area contributed by atoms with E-state index in [4.69, 9.17) is 13.9 Å². The summed E-state index contributed by atoms with van der Waals surface area (Å²) in [6.45, 7) is 5.90. The fourth-order valence-electron chi connectivity index (χ4n) is 3.85.